The number of thiazole rings is 1. The van der Waals surface area contributed by atoms with Gasteiger partial charge in [-0.05, 0) is 25.5 Å². The summed E-state index contributed by atoms with van der Waals surface area (Å²) in [5.41, 5.74) is 3.02. The molecule has 1 aromatic carbocycles. The topological polar surface area (TPSA) is 83.6 Å². The summed E-state index contributed by atoms with van der Waals surface area (Å²) in [4.78, 5) is 31.9. The Balaban J connectivity index is 1.58. The van der Waals surface area contributed by atoms with Gasteiger partial charge in [-0.25, -0.2) is 9.78 Å². The van der Waals surface area contributed by atoms with E-state index in [1.165, 1.54) is 11.3 Å². The molecule has 1 aromatic heterocycles. The number of urea groups is 1. The first kappa shape index (κ1) is 22.4. The van der Waals surface area contributed by atoms with Gasteiger partial charge in [0, 0.05) is 37.0 Å². The minimum atomic E-state index is -0.395. The summed E-state index contributed by atoms with van der Waals surface area (Å²) >= 11 is 1.40. The molecule has 2 heterocycles. The molecule has 0 radical (unpaired) electrons. The van der Waals surface area contributed by atoms with Crippen molar-refractivity contribution >= 4 is 34.0 Å². The van der Waals surface area contributed by atoms with Crippen LogP contribution in [0.1, 0.15) is 54.2 Å². The lowest BCUT2D eigenvalue weighted by Crippen LogP contribution is -2.35. The lowest BCUT2D eigenvalue weighted by Gasteiger charge is -2.25. The number of ketones is 1. The van der Waals surface area contributed by atoms with Crippen molar-refractivity contribution in [3.63, 3.8) is 0 Å². The molecule has 2 aromatic rings. The van der Waals surface area contributed by atoms with Crippen LogP contribution in [0.4, 0.5) is 15.6 Å². The molecule has 162 valence electrons. The van der Waals surface area contributed by atoms with Crippen molar-refractivity contribution < 1.29 is 14.3 Å². The fraction of sp³-hybridized carbons (Fsp3) is 0.500. The number of unbranched alkanes of at least 4 members (excludes halogenated alkanes) is 2. The van der Waals surface area contributed by atoms with Gasteiger partial charge >= 0.3 is 6.03 Å². The number of morpholine rings is 1. The van der Waals surface area contributed by atoms with Gasteiger partial charge in [0.2, 0.25) is 0 Å². The number of hydrogen-bond acceptors (Lipinski definition) is 6. The minimum Gasteiger partial charge on any atom is -0.379 e. The fourth-order valence-electron chi connectivity index (χ4n) is 3.34. The fourth-order valence-corrected chi connectivity index (χ4v) is 4.04. The van der Waals surface area contributed by atoms with Crippen LogP contribution >= 0.6 is 11.3 Å². The second kappa shape index (κ2) is 11.2. The van der Waals surface area contributed by atoms with Gasteiger partial charge in [-0.1, -0.05) is 31.4 Å². The van der Waals surface area contributed by atoms with E-state index >= 15 is 0 Å². The van der Waals surface area contributed by atoms with Crippen LogP contribution in [0.3, 0.4) is 0 Å². The summed E-state index contributed by atoms with van der Waals surface area (Å²) in [5, 5.41) is 8.10. The Labute approximate surface area is 181 Å². The van der Waals surface area contributed by atoms with Crippen LogP contribution in [-0.4, -0.2) is 48.0 Å². The van der Waals surface area contributed by atoms with Gasteiger partial charge in [0.15, 0.2) is 10.9 Å². The smallest absolute Gasteiger partial charge is 0.325 e. The number of rotatable bonds is 9. The van der Waals surface area contributed by atoms with Gasteiger partial charge < -0.3 is 10.1 Å². The number of Topliss-reactive ketones (excluding diaryl/α,β-unsaturated/α-hetero) is 1. The first-order valence-electron chi connectivity index (χ1n) is 10.5. The molecule has 8 heteroatoms. The molecule has 0 atom stereocenters. The maximum Gasteiger partial charge on any atom is 0.325 e. The van der Waals surface area contributed by atoms with E-state index in [9.17, 15) is 9.59 Å². The highest BCUT2D eigenvalue weighted by molar-refractivity contribution is 7.13. The summed E-state index contributed by atoms with van der Waals surface area (Å²) in [6.45, 7) is 8.07. The number of aromatic nitrogens is 1. The largest absolute Gasteiger partial charge is 0.379 e. The number of amides is 2. The molecule has 1 aliphatic heterocycles. The van der Waals surface area contributed by atoms with Crippen LogP contribution in [0.25, 0.3) is 0 Å². The maximum atomic E-state index is 12.6. The number of carbonyl (C=O) groups is 2. The van der Waals surface area contributed by atoms with Gasteiger partial charge in [-0.3, -0.25) is 15.0 Å². The van der Waals surface area contributed by atoms with Crippen LogP contribution in [0.2, 0.25) is 0 Å². The Bertz CT molecular complexity index is 862. The van der Waals surface area contributed by atoms with E-state index in [-0.39, 0.29) is 5.78 Å². The molecule has 2 N–H and O–H groups in total. The maximum absolute atomic E-state index is 12.6. The first-order valence-corrected chi connectivity index (χ1v) is 11.4. The van der Waals surface area contributed by atoms with E-state index in [0.717, 1.165) is 63.4 Å². The summed E-state index contributed by atoms with van der Waals surface area (Å²) in [5.74, 6) is 0.0597. The summed E-state index contributed by atoms with van der Waals surface area (Å²) in [7, 11) is 0. The van der Waals surface area contributed by atoms with Crippen molar-refractivity contribution in [3.05, 3.63) is 40.4 Å². The number of aryl methyl sites for hydroxylation is 1. The third kappa shape index (κ3) is 6.62. The predicted molar refractivity (Wildman–Crippen MR) is 121 cm³/mol. The Hall–Kier alpha value is -2.29. The van der Waals surface area contributed by atoms with Crippen molar-refractivity contribution in [2.75, 3.05) is 36.9 Å². The van der Waals surface area contributed by atoms with Crippen LogP contribution < -0.4 is 10.6 Å². The molecular formula is C22H30N4O3S. The van der Waals surface area contributed by atoms with Gasteiger partial charge in [0.05, 0.1) is 24.6 Å². The second-order valence-electron chi connectivity index (χ2n) is 7.54. The molecule has 1 fully saturated rings. The Kier molecular flexibility index (Phi) is 8.36. The van der Waals surface area contributed by atoms with Gasteiger partial charge in [0.25, 0.3) is 0 Å². The number of anilines is 2. The van der Waals surface area contributed by atoms with Crippen LogP contribution in [-0.2, 0) is 11.3 Å². The molecule has 7 nitrogen and oxygen atoms in total. The second-order valence-corrected chi connectivity index (χ2v) is 8.40. The van der Waals surface area contributed by atoms with E-state index in [2.05, 4.69) is 27.4 Å². The van der Waals surface area contributed by atoms with Crippen molar-refractivity contribution in [2.24, 2.45) is 0 Å². The van der Waals surface area contributed by atoms with E-state index in [1.807, 2.05) is 24.4 Å². The Morgan fingerprint density at radius 3 is 2.77 bits per heavy atom. The van der Waals surface area contributed by atoms with Crippen LogP contribution in [0, 0.1) is 6.92 Å². The van der Waals surface area contributed by atoms with E-state index in [4.69, 9.17) is 4.74 Å². The van der Waals surface area contributed by atoms with Crippen molar-refractivity contribution in [3.8, 4) is 0 Å². The summed E-state index contributed by atoms with van der Waals surface area (Å²) < 4.78 is 5.36. The normalized spacial score (nSPS) is 14.5. The van der Waals surface area contributed by atoms with E-state index < -0.39 is 6.03 Å². The van der Waals surface area contributed by atoms with Crippen LogP contribution in [0.5, 0.6) is 0 Å². The minimum absolute atomic E-state index is 0.0597. The molecule has 3 rings (SSSR count). The van der Waals surface area contributed by atoms with Gasteiger partial charge in [-0.15, -0.1) is 11.3 Å². The molecule has 0 saturated carbocycles. The zero-order valence-electron chi connectivity index (χ0n) is 17.7. The standard InChI is InChI=1S/C22H30N4O3S/c1-3-4-5-6-20(27)18-13-16(2)7-8-19(18)24-21(28)25-22-23-17(15-30-22)14-26-9-11-29-12-10-26/h7-8,13,15H,3-6,9-12,14H2,1-2H3,(H2,23,24,25,28). The monoisotopic (exact) mass is 430 g/mol. The SMILES string of the molecule is CCCCCC(=O)c1cc(C)ccc1NC(=O)Nc1nc(CN2CCOCC2)cs1. The third-order valence-corrected chi connectivity index (χ3v) is 5.80. The third-order valence-electron chi connectivity index (χ3n) is 4.99. The predicted octanol–water partition coefficient (Wildman–Crippen LogP) is 4.69. The molecule has 1 aliphatic rings. The number of carbonyl (C=O) groups excluding carboxylic acids is 2. The lowest BCUT2D eigenvalue weighted by atomic mass is 10.0. The average molecular weight is 431 g/mol. The van der Waals surface area contributed by atoms with E-state index in [1.54, 1.807) is 6.07 Å². The highest BCUT2D eigenvalue weighted by atomic mass is 32.1. The molecule has 30 heavy (non-hydrogen) atoms. The summed E-state index contributed by atoms with van der Waals surface area (Å²) in [6.07, 6.45) is 3.44. The molecule has 0 aliphatic carbocycles. The number of nitrogens with zero attached hydrogens (tertiary/aromatic N) is 2. The zero-order valence-corrected chi connectivity index (χ0v) is 18.5. The molecule has 0 bridgehead atoms. The molecular weight excluding hydrogens is 400 g/mol. The average Bonchev–Trinajstić information content (AvgIpc) is 3.16. The van der Waals surface area contributed by atoms with Crippen LogP contribution in [0.15, 0.2) is 23.6 Å². The van der Waals surface area contributed by atoms with Crippen molar-refractivity contribution in [1.29, 1.82) is 0 Å². The Morgan fingerprint density at radius 1 is 1.20 bits per heavy atom. The summed E-state index contributed by atoms with van der Waals surface area (Å²) in [6, 6.07) is 5.12. The number of nitrogens with one attached hydrogen (secondary N) is 2. The molecule has 0 unspecified atom stereocenters. The quantitative estimate of drug-likeness (QED) is 0.445. The van der Waals surface area contributed by atoms with E-state index in [0.29, 0.717) is 22.8 Å². The molecule has 2 amide bonds. The molecule has 1 saturated heterocycles. The lowest BCUT2D eigenvalue weighted by molar-refractivity contribution is 0.0337. The molecule has 0 spiro atoms. The van der Waals surface area contributed by atoms with Gasteiger partial charge in [0.1, 0.15) is 0 Å². The zero-order chi connectivity index (χ0) is 21.3. The van der Waals surface area contributed by atoms with Gasteiger partial charge in [-0.2, -0.15) is 0 Å². The number of benzene rings is 1. The highest BCUT2D eigenvalue weighted by Gasteiger charge is 2.16. The number of hydrogen-bond donors (Lipinski definition) is 2. The highest BCUT2D eigenvalue weighted by Crippen LogP contribution is 2.22. The number of ether oxygens (including phenoxy) is 1. The first-order chi connectivity index (χ1) is 14.5. The van der Waals surface area contributed by atoms with Crippen molar-refractivity contribution in [1.82, 2.24) is 9.88 Å². The van der Waals surface area contributed by atoms with Crippen molar-refractivity contribution in [2.45, 2.75) is 46.1 Å². The Morgan fingerprint density at radius 2 is 2.00 bits per heavy atom.